The molecule has 0 radical (unpaired) electrons. The molecule has 0 saturated carbocycles. The number of carbonyl (C=O) groups excluding carboxylic acids is 2. The smallest absolute Gasteiger partial charge is 0.240 e. The number of nitrogens with one attached hydrogen (secondary N) is 1. The quantitative estimate of drug-likeness (QED) is 0.726. The van der Waals surface area contributed by atoms with Crippen LogP contribution in [0.1, 0.15) is 51.5 Å². The molecule has 2 fully saturated rings. The lowest BCUT2D eigenvalue weighted by molar-refractivity contribution is -0.126. The lowest BCUT2D eigenvalue weighted by Crippen LogP contribution is -2.51. The van der Waals surface area contributed by atoms with Crippen molar-refractivity contribution in [2.45, 2.75) is 51.4 Å². The fourth-order valence-corrected chi connectivity index (χ4v) is 5.41. The predicted molar refractivity (Wildman–Crippen MR) is 123 cm³/mol. The molecule has 0 aliphatic carbocycles. The molecule has 7 heteroatoms. The van der Waals surface area contributed by atoms with Crippen LogP contribution in [-0.4, -0.2) is 62.7 Å². The van der Waals surface area contributed by atoms with Gasteiger partial charge in [0.05, 0.1) is 5.41 Å². The van der Waals surface area contributed by atoms with Crippen LogP contribution in [0.4, 0.5) is 5.69 Å². The van der Waals surface area contributed by atoms with Crippen LogP contribution < -0.4 is 10.2 Å². The summed E-state index contributed by atoms with van der Waals surface area (Å²) in [6.07, 6.45) is 5.75. The van der Waals surface area contributed by atoms with E-state index in [0.717, 1.165) is 56.9 Å². The number of carbonyl (C=O) groups is 2. The van der Waals surface area contributed by atoms with Crippen LogP contribution in [0.2, 0.25) is 5.02 Å². The van der Waals surface area contributed by atoms with Gasteiger partial charge in [0, 0.05) is 42.4 Å². The largest absolute Gasteiger partial charge is 0.381 e. The van der Waals surface area contributed by atoms with Gasteiger partial charge >= 0.3 is 0 Å². The Morgan fingerprint density at radius 3 is 2.58 bits per heavy atom. The summed E-state index contributed by atoms with van der Waals surface area (Å²) in [5, 5.41) is 3.76. The number of hydrogen-bond donors (Lipinski definition) is 1. The summed E-state index contributed by atoms with van der Waals surface area (Å²) >= 11 is 6.16. The molecule has 0 aromatic heterocycles. The van der Waals surface area contributed by atoms with Gasteiger partial charge in [-0.1, -0.05) is 18.0 Å². The van der Waals surface area contributed by atoms with Gasteiger partial charge in [0.15, 0.2) is 0 Å². The number of fused-ring (bicyclic) bond motifs is 1. The van der Waals surface area contributed by atoms with Gasteiger partial charge in [0.1, 0.15) is 6.54 Å². The summed E-state index contributed by atoms with van der Waals surface area (Å²) in [7, 11) is 0. The molecule has 0 unspecified atom stereocenters. The van der Waals surface area contributed by atoms with Crippen LogP contribution in [0, 0.1) is 5.41 Å². The minimum Gasteiger partial charge on any atom is -0.381 e. The van der Waals surface area contributed by atoms with Crippen molar-refractivity contribution in [2.24, 2.45) is 5.41 Å². The Balaban J connectivity index is 1.41. The second-order valence-corrected chi connectivity index (χ2v) is 10.3. The van der Waals surface area contributed by atoms with Crippen LogP contribution in [-0.2, 0) is 19.7 Å². The number of ether oxygens (including phenoxy) is 1. The molecule has 31 heavy (non-hydrogen) atoms. The molecule has 170 valence electrons. The van der Waals surface area contributed by atoms with Crippen molar-refractivity contribution < 1.29 is 14.3 Å². The van der Waals surface area contributed by atoms with Crippen LogP contribution in [0.15, 0.2) is 18.2 Å². The molecule has 1 N–H and O–H groups in total. The normalized spacial score (nSPS) is 22.9. The summed E-state index contributed by atoms with van der Waals surface area (Å²) in [4.78, 5) is 30.1. The third-order valence-corrected chi connectivity index (χ3v) is 7.46. The zero-order valence-electron chi connectivity index (χ0n) is 18.7. The summed E-state index contributed by atoms with van der Waals surface area (Å²) in [6, 6.07) is 5.45. The maximum absolute atomic E-state index is 13.0. The van der Waals surface area contributed by atoms with E-state index in [0.29, 0.717) is 11.6 Å². The van der Waals surface area contributed by atoms with E-state index in [2.05, 4.69) is 10.2 Å². The van der Waals surface area contributed by atoms with Crippen LogP contribution in [0.5, 0.6) is 0 Å². The Morgan fingerprint density at radius 2 is 1.87 bits per heavy atom. The molecule has 0 spiro atoms. The Morgan fingerprint density at radius 1 is 1.16 bits per heavy atom. The van der Waals surface area contributed by atoms with E-state index in [-0.39, 0.29) is 23.8 Å². The molecule has 1 aromatic rings. The van der Waals surface area contributed by atoms with Crippen molar-refractivity contribution >= 4 is 29.1 Å². The van der Waals surface area contributed by atoms with Crippen molar-refractivity contribution in [3.05, 3.63) is 28.8 Å². The van der Waals surface area contributed by atoms with Crippen LogP contribution >= 0.6 is 11.6 Å². The monoisotopic (exact) mass is 447 g/mol. The molecule has 4 rings (SSSR count). The highest BCUT2D eigenvalue weighted by atomic mass is 35.5. The molecule has 0 atom stereocenters. The highest BCUT2D eigenvalue weighted by Gasteiger charge is 2.44. The van der Waals surface area contributed by atoms with E-state index >= 15 is 0 Å². The fraction of sp³-hybridized carbons (Fsp3) is 0.667. The van der Waals surface area contributed by atoms with Crippen molar-refractivity contribution in [3.8, 4) is 0 Å². The van der Waals surface area contributed by atoms with E-state index in [1.54, 1.807) is 11.0 Å². The van der Waals surface area contributed by atoms with E-state index in [4.69, 9.17) is 16.3 Å². The topological polar surface area (TPSA) is 61.9 Å². The van der Waals surface area contributed by atoms with Crippen molar-refractivity contribution in [1.82, 2.24) is 10.2 Å². The van der Waals surface area contributed by atoms with E-state index in [1.165, 1.54) is 19.3 Å². The van der Waals surface area contributed by atoms with Crippen LogP contribution in [0.3, 0.4) is 0 Å². The fourth-order valence-electron chi connectivity index (χ4n) is 5.24. The Bertz CT molecular complexity index is 829. The lowest BCUT2D eigenvalue weighted by Gasteiger charge is -2.42. The Labute approximate surface area is 190 Å². The minimum absolute atomic E-state index is 0.0349. The highest BCUT2D eigenvalue weighted by Crippen LogP contribution is 2.42. The molecule has 3 aliphatic heterocycles. The van der Waals surface area contributed by atoms with Crippen molar-refractivity contribution in [3.63, 3.8) is 0 Å². The highest BCUT2D eigenvalue weighted by molar-refractivity contribution is 6.31. The number of anilines is 1. The molecule has 6 nitrogen and oxygen atoms in total. The number of rotatable bonds is 6. The molecule has 1 aromatic carbocycles. The standard InChI is InChI=1S/C24H34ClN3O3/c1-23(2)19-14-18(25)6-7-20(19)28(22(23)30)15-21(29)26-16-24(8-12-31-13-9-24)17-27-10-4-3-5-11-27/h6-7,14H,3-5,8-13,15-17H2,1-2H3,(H,26,29). The third-order valence-electron chi connectivity index (χ3n) is 7.23. The number of benzene rings is 1. The minimum atomic E-state index is -0.684. The van der Waals surface area contributed by atoms with Crippen molar-refractivity contribution in [1.29, 1.82) is 0 Å². The van der Waals surface area contributed by atoms with Gasteiger partial charge in [0.2, 0.25) is 11.8 Å². The zero-order valence-corrected chi connectivity index (χ0v) is 19.5. The second kappa shape index (κ2) is 9.08. The van der Waals surface area contributed by atoms with Gasteiger partial charge in [-0.3, -0.25) is 9.59 Å². The van der Waals surface area contributed by atoms with Gasteiger partial charge in [-0.05, 0) is 76.4 Å². The first-order chi connectivity index (χ1) is 14.8. The first kappa shape index (κ1) is 22.6. The number of piperidine rings is 1. The summed E-state index contributed by atoms with van der Waals surface area (Å²) in [5.74, 6) is -0.175. The number of likely N-dealkylation sites (tertiary alicyclic amines) is 1. The maximum Gasteiger partial charge on any atom is 0.240 e. The molecule has 2 saturated heterocycles. The molecule has 3 heterocycles. The van der Waals surface area contributed by atoms with Crippen LogP contribution in [0.25, 0.3) is 0 Å². The molecule has 3 aliphatic rings. The molecule has 2 amide bonds. The number of halogens is 1. The molecule has 0 bridgehead atoms. The number of nitrogens with zero attached hydrogens (tertiary/aromatic N) is 2. The maximum atomic E-state index is 13.0. The Kier molecular flexibility index (Phi) is 6.61. The zero-order chi connectivity index (χ0) is 22.1. The SMILES string of the molecule is CC1(C)C(=O)N(CC(=O)NCC2(CN3CCCCC3)CCOCC2)c2ccc(Cl)cc21. The van der Waals surface area contributed by atoms with Gasteiger partial charge < -0.3 is 19.9 Å². The van der Waals surface area contributed by atoms with E-state index in [9.17, 15) is 9.59 Å². The molecular formula is C24H34ClN3O3. The van der Waals surface area contributed by atoms with Crippen molar-refractivity contribution in [2.75, 3.05) is 50.8 Å². The van der Waals surface area contributed by atoms with E-state index in [1.807, 2.05) is 26.0 Å². The van der Waals surface area contributed by atoms with E-state index < -0.39 is 5.41 Å². The number of amides is 2. The second-order valence-electron chi connectivity index (χ2n) is 9.90. The van der Waals surface area contributed by atoms with Gasteiger partial charge in [-0.25, -0.2) is 0 Å². The lowest BCUT2D eigenvalue weighted by atomic mass is 9.79. The third kappa shape index (κ3) is 4.76. The Hall–Kier alpha value is -1.63. The predicted octanol–water partition coefficient (Wildman–Crippen LogP) is 3.36. The van der Waals surface area contributed by atoms with Gasteiger partial charge in [-0.2, -0.15) is 0 Å². The average molecular weight is 448 g/mol. The first-order valence-corrected chi connectivity index (χ1v) is 11.9. The summed E-state index contributed by atoms with van der Waals surface area (Å²) < 4.78 is 5.62. The van der Waals surface area contributed by atoms with Gasteiger partial charge in [-0.15, -0.1) is 0 Å². The summed E-state index contributed by atoms with van der Waals surface area (Å²) in [5.41, 5.74) is 1.02. The summed E-state index contributed by atoms with van der Waals surface area (Å²) in [6.45, 7) is 9.23. The first-order valence-electron chi connectivity index (χ1n) is 11.5. The number of hydrogen-bond acceptors (Lipinski definition) is 4. The average Bonchev–Trinajstić information content (AvgIpc) is 2.94. The molecular weight excluding hydrogens is 414 g/mol. The van der Waals surface area contributed by atoms with Gasteiger partial charge in [0.25, 0.3) is 0 Å².